The van der Waals surface area contributed by atoms with Gasteiger partial charge in [0, 0.05) is 12.5 Å². The van der Waals surface area contributed by atoms with E-state index in [2.05, 4.69) is 21.0 Å². The van der Waals surface area contributed by atoms with Crippen LogP contribution < -0.4 is 14.2 Å². The fourth-order valence-electron chi connectivity index (χ4n) is 4.35. The minimum atomic E-state index is -4.04. The Bertz CT molecular complexity index is 1390. The predicted octanol–water partition coefficient (Wildman–Crippen LogP) is 2.44. The zero-order chi connectivity index (χ0) is 26.1. The second kappa shape index (κ2) is 9.54. The van der Waals surface area contributed by atoms with Crippen LogP contribution in [0.3, 0.4) is 0 Å². The monoisotopic (exact) mass is 514 g/mol. The molecule has 13 heteroatoms. The number of nitrogens with one attached hydrogen (secondary N) is 1. The lowest BCUT2D eigenvalue weighted by molar-refractivity contribution is -0.132. The number of carbonyl (C=O) groups is 1. The summed E-state index contributed by atoms with van der Waals surface area (Å²) in [5.41, 5.74) is -0.708. The number of para-hydroxylation sites is 1. The molecule has 36 heavy (non-hydrogen) atoms. The van der Waals surface area contributed by atoms with Crippen molar-refractivity contribution in [3.63, 3.8) is 0 Å². The van der Waals surface area contributed by atoms with Crippen molar-refractivity contribution in [2.24, 2.45) is 5.92 Å². The van der Waals surface area contributed by atoms with Crippen molar-refractivity contribution in [2.45, 2.75) is 25.8 Å². The molecule has 0 bridgehead atoms. The van der Waals surface area contributed by atoms with Gasteiger partial charge in [0.15, 0.2) is 5.76 Å². The van der Waals surface area contributed by atoms with Crippen LogP contribution in [-0.4, -0.2) is 66.0 Å². The maximum Gasteiger partial charge on any atom is 0.243 e. The van der Waals surface area contributed by atoms with Gasteiger partial charge in [0.25, 0.3) is 0 Å². The summed E-state index contributed by atoms with van der Waals surface area (Å²) < 4.78 is 46.6. The van der Waals surface area contributed by atoms with E-state index >= 15 is 0 Å². The topological polar surface area (TPSA) is 153 Å². The number of nitriles is 1. The number of hydrogen-bond acceptors (Lipinski definition) is 9. The summed E-state index contributed by atoms with van der Waals surface area (Å²) >= 11 is 0. The average Bonchev–Trinajstić information content (AvgIpc) is 3.57. The molecule has 1 amide bonds. The molecular formula is C23H26N6O6S. The molecule has 4 rings (SSSR count). The summed E-state index contributed by atoms with van der Waals surface area (Å²) in [6.07, 6.45) is 1.79. The highest BCUT2D eigenvalue weighted by atomic mass is 32.2. The molecule has 1 N–H and O–H groups in total. The normalized spacial score (nSPS) is 19.8. The van der Waals surface area contributed by atoms with Crippen molar-refractivity contribution in [1.82, 2.24) is 19.7 Å². The smallest absolute Gasteiger partial charge is 0.243 e. The first-order valence-corrected chi connectivity index (χ1v) is 12.7. The average molecular weight is 515 g/mol. The van der Waals surface area contributed by atoms with Crippen LogP contribution in [0.25, 0.3) is 17.3 Å². The molecule has 0 aliphatic carbocycles. The molecule has 12 nitrogen and oxygen atoms in total. The van der Waals surface area contributed by atoms with Gasteiger partial charge in [-0.05, 0) is 37.6 Å². The molecular weight excluding hydrogens is 488 g/mol. The summed E-state index contributed by atoms with van der Waals surface area (Å²) in [7, 11) is -1.09. The van der Waals surface area contributed by atoms with Gasteiger partial charge in [-0.2, -0.15) is 5.26 Å². The maximum absolute atomic E-state index is 13.1. The standard InChI is InChI=1S/C23H26N6O6S/c1-15-13-23(2,14-24)28(21(15)30)10-12-36(31,32)27-22-26-25-20(18-9-6-11-35-18)29(22)19-16(33-3)7-5-8-17(19)34-4/h5-9,11,15H,10,12-13H2,1-4H3,(H,26,27)/t15-,23+/m1/s1. The molecule has 1 aliphatic rings. The number of carbonyl (C=O) groups excluding carboxylic acids is 1. The van der Waals surface area contributed by atoms with Gasteiger partial charge in [0.05, 0.1) is 32.3 Å². The van der Waals surface area contributed by atoms with Gasteiger partial charge in [-0.1, -0.05) is 13.0 Å². The first kappa shape index (κ1) is 25.1. The van der Waals surface area contributed by atoms with Crippen LogP contribution in [0.2, 0.25) is 0 Å². The van der Waals surface area contributed by atoms with Gasteiger partial charge in [-0.25, -0.2) is 8.42 Å². The number of likely N-dealkylation sites (tertiary alicyclic amines) is 1. The lowest BCUT2D eigenvalue weighted by atomic mass is 9.97. The number of sulfonamides is 1. The highest BCUT2D eigenvalue weighted by Gasteiger charge is 2.46. The van der Waals surface area contributed by atoms with Crippen LogP contribution in [0.4, 0.5) is 5.95 Å². The van der Waals surface area contributed by atoms with Crippen molar-refractivity contribution in [2.75, 3.05) is 31.2 Å². The van der Waals surface area contributed by atoms with Crippen LogP contribution >= 0.6 is 0 Å². The first-order valence-electron chi connectivity index (χ1n) is 11.1. The number of rotatable bonds is 9. The van der Waals surface area contributed by atoms with Crippen LogP contribution in [0, 0.1) is 17.2 Å². The molecule has 2 atom stereocenters. The Balaban J connectivity index is 1.71. The number of benzene rings is 1. The third-order valence-corrected chi connectivity index (χ3v) is 7.30. The number of ether oxygens (including phenoxy) is 2. The van der Waals surface area contributed by atoms with Crippen molar-refractivity contribution in [1.29, 1.82) is 5.26 Å². The van der Waals surface area contributed by atoms with Crippen molar-refractivity contribution in [3.8, 4) is 34.8 Å². The molecule has 3 heterocycles. The maximum atomic E-state index is 13.1. The van der Waals surface area contributed by atoms with Gasteiger partial charge in [0.1, 0.15) is 22.7 Å². The zero-order valence-electron chi connectivity index (χ0n) is 20.3. The minimum Gasteiger partial charge on any atom is -0.494 e. The van der Waals surface area contributed by atoms with Crippen molar-refractivity contribution < 1.29 is 27.1 Å². The Morgan fingerprint density at radius 3 is 2.50 bits per heavy atom. The summed E-state index contributed by atoms with van der Waals surface area (Å²) in [5, 5.41) is 17.8. The second-order valence-corrected chi connectivity index (χ2v) is 10.4. The summed E-state index contributed by atoms with van der Waals surface area (Å²) in [5.74, 6) is 0.109. The van der Waals surface area contributed by atoms with E-state index in [0.717, 1.165) is 0 Å². The van der Waals surface area contributed by atoms with E-state index in [1.165, 1.54) is 29.9 Å². The quantitative estimate of drug-likeness (QED) is 0.454. The van der Waals surface area contributed by atoms with E-state index < -0.39 is 21.3 Å². The molecule has 1 aromatic carbocycles. The minimum absolute atomic E-state index is 0.131. The Kier molecular flexibility index (Phi) is 6.64. The molecule has 1 saturated heterocycles. The van der Waals surface area contributed by atoms with E-state index in [4.69, 9.17) is 13.9 Å². The summed E-state index contributed by atoms with van der Waals surface area (Å²) in [4.78, 5) is 13.9. The first-order chi connectivity index (χ1) is 17.1. The van der Waals surface area contributed by atoms with Gasteiger partial charge in [0.2, 0.25) is 27.7 Å². The molecule has 2 aromatic heterocycles. The molecule has 3 aromatic rings. The van der Waals surface area contributed by atoms with E-state index in [0.29, 0.717) is 29.4 Å². The number of methoxy groups -OCH3 is 2. The van der Waals surface area contributed by atoms with E-state index in [1.54, 1.807) is 44.2 Å². The molecule has 190 valence electrons. The fourth-order valence-corrected chi connectivity index (χ4v) is 5.28. The van der Waals surface area contributed by atoms with Crippen LogP contribution in [0.1, 0.15) is 20.3 Å². The molecule has 0 radical (unpaired) electrons. The molecule has 0 spiro atoms. The van der Waals surface area contributed by atoms with Gasteiger partial charge in [-0.3, -0.25) is 14.1 Å². The van der Waals surface area contributed by atoms with E-state index in [1.807, 2.05) is 0 Å². The second-order valence-electron chi connectivity index (χ2n) is 8.57. The number of anilines is 1. The van der Waals surface area contributed by atoms with Gasteiger partial charge < -0.3 is 18.8 Å². The highest BCUT2D eigenvalue weighted by Crippen LogP contribution is 2.38. The van der Waals surface area contributed by atoms with Gasteiger partial charge >= 0.3 is 0 Å². The Morgan fingerprint density at radius 1 is 1.22 bits per heavy atom. The number of hydrogen-bond donors (Lipinski definition) is 1. The third-order valence-electron chi connectivity index (χ3n) is 6.09. The number of aromatic nitrogens is 3. The van der Waals surface area contributed by atoms with Crippen molar-refractivity contribution >= 4 is 21.9 Å². The Labute approximate surface area is 208 Å². The largest absolute Gasteiger partial charge is 0.494 e. The Hall–Kier alpha value is -4.05. The third kappa shape index (κ3) is 4.47. The van der Waals surface area contributed by atoms with Crippen LogP contribution in [0.5, 0.6) is 11.5 Å². The highest BCUT2D eigenvalue weighted by molar-refractivity contribution is 7.92. The van der Waals surface area contributed by atoms with E-state index in [-0.39, 0.29) is 30.1 Å². The molecule has 1 fully saturated rings. The predicted molar refractivity (Wildman–Crippen MR) is 129 cm³/mol. The molecule has 0 unspecified atom stereocenters. The zero-order valence-corrected chi connectivity index (χ0v) is 21.1. The summed E-state index contributed by atoms with van der Waals surface area (Å²) in [6.45, 7) is 3.21. The van der Waals surface area contributed by atoms with E-state index in [9.17, 15) is 18.5 Å². The summed E-state index contributed by atoms with van der Waals surface area (Å²) in [6, 6.07) is 10.6. The number of nitrogens with zero attached hydrogens (tertiary/aromatic N) is 5. The van der Waals surface area contributed by atoms with Crippen molar-refractivity contribution in [3.05, 3.63) is 36.6 Å². The van der Waals surface area contributed by atoms with Gasteiger partial charge in [-0.15, -0.1) is 10.2 Å². The molecule has 1 aliphatic heterocycles. The SMILES string of the molecule is COc1cccc(OC)c1-n1c(NS(=O)(=O)CCN2C(=O)[C@H](C)C[C@@]2(C)C#N)nnc1-c1ccco1. The van der Waals surface area contributed by atoms with Crippen LogP contribution in [0.15, 0.2) is 41.0 Å². The molecule has 0 saturated carbocycles. The van der Waals surface area contributed by atoms with Crippen LogP contribution in [-0.2, 0) is 14.8 Å². The number of amides is 1. The number of furan rings is 1. The fraction of sp³-hybridized carbons (Fsp3) is 0.391. The Morgan fingerprint density at radius 2 is 1.92 bits per heavy atom. The lowest BCUT2D eigenvalue weighted by Gasteiger charge is -2.28. The lowest BCUT2D eigenvalue weighted by Crippen LogP contribution is -2.45.